The average Bonchev–Trinajstić information content (AvgIpc) is 3.93. The highest BCUT2D eigenvalue weighted by atomic mass is 16.6. The quantitative estimate of drug-likeness (QED) is 0.188. The molecule has 1 saturated carbocycles. The molecule has 0 unspecified atom stereocenters. The first kappa shape index (κ1) is 44.5. The van der Waals surface area contributed by atoms with Crippen LogP contribution in [-0.2, 0) is 23.9 Å². The van der Waals surface area contributed by atoms with E-state index in [0.29, 0.717) is 25.4 Å². The molecule has 2 aliphatic heterocycles. The van der Waals surface area contributed by atoms with E-state index in [-0.39, 0.29) is 41.6 Å². The first-order chi connectivity index (χ1) is 27.2. The molecular formula is C44H67N7O7. The molecule has 4 atom stereocenters. The van der Waals surface area contributed by atoms with Crippen LogP contribution in [0.5, 0.6) is 0 Å². The summed E-state index contributed by atoms with van der Waals surface area (Å²) in [6.45, 7) is 19.4. The highest BCUT2D eigenvalue weighted by molar-refractivity contribution is 5.92. The Kier molecular flexibility index (Phi) is 14.2. The van der Waals surface area contributed by atoms with Gasteiger partial charge in [0.2, 0.25) is 17.7 Å². The molecule has 14 nitrogen and oxygen atoms in total. The van der Waals surface area contributed by atoms with Crippen molar-refractivity contribution in [3.8, 4) is 11.3 Å². The van der Waals surface area contributed by atoms with E-state index in [1.807, 2.05) is 38.8 Å². The summed E-state index contributed by atoms with van der Waals surface area (Å²) < 4.78 is 10.8. The van der Waals surface area contributed by atoms with Crippen LogP contribution in [0.1, 0.15) is 144 Å². The molecular weight excluding hydrogens is 739 g/mol. The van der Waals surface area contributed by atoms with Crippen LogP contribution >= 0.6 is 0 Å². The lowest BCUT2D eigenvalue weighted by molar-refractivity contribution is -0.141. The standard InChI is InChI=1S/C44H67N7O7/c1-26(2)35(48-41(55)57-43(5,6)7)39(53)50-23-11-13-33(50)37-45-25-32(47-37)30-17-15-28(16-18-30)29-19-21-31(22-20-29)46-38(52)34-14-12-24-51(34)40(54)36(27(3)4)49-42(56)58-44(8,9)10/h15-18,25-27,29,31,33-36H,11-14,19-24H2,1-10H3,(H,45,47)(H,46,52)(H,48,55)(H,49,56)/t29-,31-,33-,34-,35+,36+/m0/s1. The molecule has 1 aromatic carbocycles. The number of carbonyl (C=O) groups is 5. The average molecular weight is 806 g/mol. The lowest BCUT2D eigenvalue weighted by atomic mass is 9.81. The highest BCUT2D eigenvalue weighted by Crippen LogP contribution is 2.36. The Hall–Kier alpha value is -4.62. The van der Waals surface area contributed by atoms with Crippen molar-refractivity contribution in [3.05, 3.63) is 41.9 Å². The Morgan fingerprint density at radius 3 is 1.78 bits per heavy atom. The molecule has 3 heterocycles. The third kappa shape index (κ3) is 11.5. The fraction of sp³-hybridized carbons (Fsp3) is 0.682. The number of alkyl carbamates (subject to hydrolysis) is 2. The number of nitrogens with one attached hydrogen (secondary N) is 4. The SMILES string of the molecule is CC(C)[C@@H](NC(=O)OC(C)(C)C)C(=O)N1CCC[C@H]1C(=O)N[C@H]1CC[C@H](c2ccc(-c3cnc([C@@H]4CCCN4C(=O)[C@H](NC(=O)OC(C)(C)C)C(C)C)[nH]3)cc2)CC1. The molecule has 4 N–H and O–H groups in total. The fourth-order valence-electron chi connectivity index (χ4n) is 8.33. The number of carbonyl (C=O) groups excluding carboxylic acids is 5. The van der Waals surface area contributed by atoms with Gasteiger partial charge in [-0.2, -0.15) is 0 Å². The number of H-pyrrole nitrogens is 1. The van der Waals surface area contributed by atoms with Crippen LogP contribution in [0.25, 0.3) is 11.3 Å². The van der Waals surface area contributed by atoms with Gasteiger partial charge in [0.1, 0.15) is 35.2 Å². The zero-order valence-corrected chi connectivity index (χ0v) is 36.3. The van der Waals surface area contributed by atoms with Crippen molar-refractivity contribution >= 4 is 29.9 Å². The van der Waals surface area contributed by atoms with Gasteiger partial charge in [0.15, 0.2) is 0 Å². The van der Waals surface area contributed by atoms with Crippen molar-refractivity contribution in [2.45, 2.75) is 168 Å². The summed E-state index contributed by atoms with van der Waals surface area (Å²) in [7, 11) is 0. The monoisotopic (exact) mass is 806 g/mol. The number of amides is 5. The number of nitrogens with zero attached hydrogens (tertiary/aromatic N) is 3. The molecule has 3 aliphatic rings. The second kappa shape index (κ2) is 18.5. The Morgan fingerprint density at radius 2 is 1.24 bits per heavy atom. The van der Waals surface area contributed by atoms with E-state index in [1.54, 1.807) is 46.4 Å². The fourth-order valence-corrected chi connectivity index (χ4v) is 8.33. The zero-order valence-electron chi connectivity index (χ0n) is 36.3. The Bertz CT molecular complexity index is 1750. The van der Waals surface area contributed by atoms with Gasteiger partial charge in [0.25, 0.3) is 0 Å². The van der Waals surface area contributed by atoms with Gasteiger partial charge in [-0.3, -0.25) is 14.4 Å². The number of ether oxygens (including phenoxy) is 2. The van der Waals surface area contributed by atoms with Crippen molar-refractivity contribution in [3.63, 3.8) is 0 Å². The van der Waals surface area contributed by atoms with Gasteiger partial charge in [-0.05, 0) is 122 Å². The van der Waals surface area contributed by atoms with Gasteiger partial charge in [-0.25, -0.2) is 14.6 Å². The number of rotatable bonds is 11. The summed E-state index contributed by atoms with van der Waals surface area (Å²) in [5.41, 5.74) is 1.77. The lowest BCUT2D eigenvalue weighted by Crippen LogP contribution is -2.56. The minimum absolute atomic E-state index is 0.0377. The minimum Gasteiger partial charge on any atom is -0.444 e. The van der Waals surface area contributed by atoms with Gasteiger partial charge in [-0.1, -0.05) is 52.0 Å². The highest BCUT2D eigenvalue weighted by Gasteiger charge is 2.41. The van der Waals surface area contributed by atoms with Crippen LogP contribution in [0.4, 0.5) is 9.59 Å². The summed E-state index contributed by atoms with van der Waals surface area (Å²) >= 11 is 0. The number of hydrogen-bond donors (Lipinski definition) is 4. The maximum atomic E-state index is 13.8. The number of likely N-dealkylation sites (tertiary alicyclic amines) is 2. The van der Waals surface area contributed by atoms with Crippen LogP contribution in [0.15, 0.2) is 30.5 Å². The van der Waals surface area contributed by atoms with Gasteiger partial charge in [0, 0.05) is 19.1 Å². The van der Waals surface area contributed by atoms with Crippen LogP contribution in [0.3, 0.4) is 0 Å². The van der Waals surface area contributed by atoms with E-state index in [4.69, 9.17) is 14.5 Å². The molecule has 0 bridgehead atoms. The first-order valence-corrected chi connectivity index (χ1v) is 21.3. The molecule has 3 fully saturated rings. The number of aromatic amines is 1. The van der Waals surface area contributed by atoms with Crippen LogP contribution in [0.2, 0.25) is 0 Å². The molecule has 0 radical (unpaired) electrons. The largest absolute Gasteiger partial charge is 0.444 e. The van der Waals surface area contributed by atoms with Crippen molar-refractivity contribution < 1.29 is 33.4 Å². The molecule has 2 aromatic rings. The molecule has 5 amide bonds. The van der Waals surface area contributed by atoms with E-state index in [1.165, 1.54) is 5.56 Å². The third-order valence-corrected chi connectivity index (χ3v) is 11.3. The van der Waals surface area contributed by atoms with Gasteiger partial charge in [0.05, 0.1) is 17.9 Å². The van der Waals surface area contributed by atoms with E-state index < -0.39 is 41.5 Å². The van der Waals surface area contributed by atoms with E-state index in [9.17, 15) is 24.0 Å². The van der Waals surface area contributed by atoms with Crippen molar-refractivity contribution in [1.82, 2.24) is 35.7 Å². The molecule has 2 saturated heterocycles. The predicted molar refractivity (Wildman–Crippen MR) is 222 cm³/mol. The van der Waals surface area contributed by atoms with Gasteiger partial charge in [-0.15, -0.1) is 0 Å². The summed E-state index contributed by atoms with van der Waals surface area (Å²) in [5.74, 6) is 0.284. The van der Waals surface area contributed by atoms with Crippen LogP contribution < -0.4 is 16.0 Å². The van der Waals surface area contributed by atoms with Crippen molar-refractivity contribution in [2.75, 3.05) is 13.1 Å². The summed E-state index contributed by atoms with van der Waals surface area (Å²) in [5, 5.41) is 8.79. The Balaban J connectivity index is 1.13. The summed E-state index contributed by atoms with van der Waals surface area (Å²) in [6.07, 6.45) is 7.09. The molecule has 5 rings (SSSR count). The topological polar surface area (TPSA) is 175 Å². The lowest BCUT2D eigenvalue weighted by Gasteiger charge is -2.33. The maximum Gasteiger partial charge on any atom is 0.408 e. The van der Waals surface area contributed by atoms with Crippen molar-refractivity contribution in [1.29, 1.82) is 0 Å². The number of imidazole rings is 1. The van der Waals surface area contributed by atoms with E-state index in [0.717, 1.165) is 62.0 Å². The molecule has 14 heteroatoms. The van der Waals surface area contributed by atoms with Gasteiger partial charge >= 0.3 is 12.2 Å². The summed E-state index contributed by atoms with van der Waals surface area (Å²) in [6, 6.07) is 6.31. The zero-order chi connectivity index (χ0) is 42.5. The Labute approximate surface area is 344 Å². The molecule has 0 spiro atoms. The summed E-state index contributed by atoms with van der Waals surface area (Å²) in [4.78, 5) is 77.7. The smallest absolute Gasteiger partial charge is 0.408 e. The Morgan fingerprint density at radius 1 is 0.724 bits per heavy atom. The molecule has 1 aromatic heterocycles. The van der Waals surface area contributed by atoms with Crippen LogP contribution in [-0.4, -0.2) is 98.1 Å². The third-order valence-electron chi connectivity index (χ3n) is 11.3. The first-order valence-electron chi connectivity index (χ1n) is 21.3. The minimum atomic E-state index is -0.785. The van der Waals surface area contributed by atoms with E-state index in [2.05, 4.69) is 45.2 Å². The number of aromatic nitrogens is 2. The van der Waals surface area contributed by atoms with Gasteiger partial charge < -0.3 is 40.2 Å². The second-order valence-corrected chi connectivity index (χ2v) is 19.0. The maximum absolute atomic E-state index is 13.8. The predicted octanol–water partition coefficient (Wildman–Crippen LogP) is 6.97. The molecule has 58 heavy (non-hydrogen) atoms. The van der Waals surface area contributed by atoms with Crippen molar-refractivity contribution in [2.24, 2.45) is 11.8 Å². The molecule has 1 aliphatic carbocycles. The van der Waals surface area contributed by atoms with E-state index >= 15 is 0 Å². The number of hydrogen-bond acceptors (Lipinski definition) is 8. The second-order valence-electron chi connectivity index (χ2n) is 19.0. The molecule has 320 valence electrons. The number of benzene rings is 1. The normalized spacial score (nSPS) is 22.4. The van der Waals surface area contributed by atoms with Crippen LogP contribution in [0, 0.1) is 11.8 Å².